The van der Waals surface area contributed by atoms with Crippen molar-refractivity contribution in [2.45, 2.75) is 27.3 Å². The van der Waals surface area contributed by atoms with Crippen molar-refractivity contribution in [1.82, 2.24) is 9.55 Å². The van der Waals surface area contributed by atoms with Crippen LogP contribution in [-0.2, 0) is 11.3 Å². The molecule has 0 saturated heterocycles. The number of aliphatic carboxylic acids is 1. The third-order valence-corrected chi connectivity index (χ3v) is 6.71. The van der Waals surface area contributed by atoms with Crippen LogP contribution in [0.1, 0.15) is 28.5 Å². The zero-order valence-corrected chi connectivity index (χ0v) is 21.1. The van der Waals surface area contributed by atoms with Crippen molar-refractivity contribution in [3.63, 3.8) is 0 Å². The summed E-state index contributed by atoms with van der Waals surface area (Å²) in [5, 5.41) is 12.7. The second-order valence-corrected chi connectivity index (χ2v) is 9.00. The molecule has 0 aliphatic carbocycles. The van der Waals surface area contributed by atoms with Gasteiger partial charge in [0, 0.05) is 28.4 Å². The highest BCUT2D eigenvalue weighted by Crippen LogP contribution is 2.38. The van der Waals surface area contributed by atoms with Gasteiger partial charge in [-0.25, -0.2) is 4.98 Å². The van der Waals surface area contributed by atoms with Crippen molar-refractivity contribution in [3.05, 3.63) is 58.6 Å². The summed E-state index contributed by atoms with van der Waals surface area (Å²) in [5.41, 5.74) is 4.40. The number of aromatic nitrogens is 2. The van der Waals surface area contributed by atoms with E-state index in [9.17, 15) is 14.7 Å². The Balaban J connectivity index is 1.76. The van der Waals surface area contributed by atoms with E-state index in [-0.39, 0.29) is 12.5 Å². The number of ether oxygens (including phenoxy) is 2. The number of rotatable bonds is 8. The minimum Gasteiger partial charge on any atom is -0.496 e. The first kappa shape index (κ1) is 24.3. The fourth-order valence-corrected chi connectivity index (χ4v) is 5.03. The molecule has 2 heterocycles. The number of methoxy groups -OCH3 is 2. The molecular formula is C26H27N3O5S. The monoisotopic (exact) mass is 493 g/mol. The highest BCUT2D eigenvalue weighted by atomic mass is 32.1. The Kier molecular flexibility index (Phi) is 6.79. The summed E-state index contributed by atoms with van der Waals surface area (Å²) < 4.78 is 12.6. The van der Waals surface area contributed by atoms with E-state index in [4.69, 9.17) is 14.5 Å². The average Bonchev–Trinajstić information content (AvgIpc) is 3.44. The molecule has 0 bridgehead atoms. The zero-order chi connectivity index (χ0) is 25.3. The molecule has 0 radical (unpaired) electrons. The maximum atomic E-state index is 13.7. The van der Waals surface area contributed by atoms with E-state index >= 15 is 0 Å². The number of carboxylic acid groups (broad SMARTS) is 1. The Hall–Kier alpha value is -3.85. The van der Waals surface area contributed by atoms with Crippen LogP contribution in [0, 0.1) is 13.8 Å². The van der Waals surface area contributed by atoms with Gasteiger partial charge in [0.25, 0.3) is 5.91 Å². The molecule has 2 aromatic carbocycles. The van der Waals surface area contributed by atoms with Gasteiger partial charge >= 0.3 is 5.97 Å². The summed E-state index contributed by atoms with van der Waals surface area (Å²) in [5.74, 6) is 0.0489. The topological polar surface area (TPSA) is 93.9 Å². The molecule has 0 fully saturated rings. The highest BCUT2D eigenvalue weighted by molar-refractivity contribution is 7.14. The molecule has 0 aliphatic heterocycles. The number of benzene rings is 2. The molecular weight excluding hydrogens is 466 g/mol. The lowest BCUT2D eigenvalue weighted by molar-refractivity contribution is -0.137. The van der Waals surface area contributed by atoms with Gasteiger partial charge in [-0.1, -0.05) is 11.6 Å². The Morgan fingerprint density at radius 2 is 1.83 bits per heavy atom. The number of anilines is 1. The molecule has 0 atom stereocenters. The predicted octanol–water partition coefficient (Wildman–Crippen LogP) is 5.15. The summed E-state index contributed by atoms with van der Waals surface area (Å²) in [4.78, 5) is 31.6. The van der Waals surface area contributed by atoms with Crippen LogP contribution in [0.4, 0.5) is 5.13 Å². The number of carbonyl (C=O) groups excluding carboxylic acids is 1. The van der Waals surface area contributed by atoms with Crippen LogP contribution in [0.3, 0.4) is 0 Å². The number of carboxylic acids is 1. The molecule has 0 aliphatic rings. The molecule has 9 heteroatoms. The number of carbonyl (C=O) groups is 2. The third-order valence-electron chi connectivity index (χ3n) is 5.85. The van der Waals surface area contributed by atoms with E-state index < -0.39 is 5.97 Å². The zero-order valence-electron chi connectivity index (χ0n) is 20.3. The van der Waals surface area contributed by atoms with Crippen molar-refractivity contribution in [3.8, 4) is 22.8 Å². The summed E-state index contributed by atoms with van der Waals surface area (Å²) >= 11 is 1.34. The number of thiazole rings is 1. The fourth-order valence-electron chi connectivity index (χ4n) is 4.14. The lowest BCUT2D eigenvalue weighted by atomic mass is 10.1. The van der Waals surface area contributed by atoms with Gasteiger partial charge in [0.2, 0.25) is 0 Å². The number of amides is 1. The maximum Gasteiger partial charge on any atom is 0.323 e. The first-order valence-corrected chi connectivity index (χ1v) is 12.0. The molecule has 0 spiro atoms. The van der Waals surface area contributed by atoms with Crippen molar-refractivity contribution >= 4 is 39.2 Å². The van der Waals surface area contributed by atoms with E-state index in [0.717, 1.165) is 22.1 Å². The summed E-state index contributed by atoms with van der Waals surface area (Å²) in [6.45, 7) is 5.82. The lowest BCUT2D eigenvalue weighted by Crippen LogP contribution is -2.32. The van der Waals surface area contributed by atoms with Crippen LogP contribution in [0.5, 0.6) is 11.5 Å². The van der Waals surface area contributed by atoms with Gasteiger partial charge in [-0.2, -0.15) is 0 Å². The van der Waals surface area contributed by atoms with E-state index in [1.807, 2.05) is 56.5 Å². The van der Waals surface area contributed by atoms with E-state index in [0.29, 0.717) is 40.1 Å². The van der Waals surface area contributed by atoms with Gasteiger partial charge in [0.15, 0.2) is 5.13 Å². The molecule has 0 unspecified atom stereocenters. The van der Waals surface area contributed by atoms with Crippen LogP contribution in [0.25, 0.3) is 22.2 Å². The second kappa shape index (κ2) is 9.79. The average molecular weight is 494 g/mol. The number of hydrogen-bond donors (Lipinski definition) is 1. The first-order valence-electron chi connectivity index (χ1n) is 11.1. The molecule has 8 nitrogen and oxygen atoms in total. The Bertz CT molecular complexity index is 1420. The number of hydrogen-bond acceptors (Lipinski definition) is 6. The minimum atomic E-state index is -1.02. The standard InChI is InChI=1S/C26H27N3O5S/c1-6-28(25(32)21-11-17-9-15(2)7-8-20(17)29(21)13-24(30)31)26-27-19(14-35-26)18-12-22(33-4)16(3)10-23(18)34-5/h7-12,14H,6,13H2,1-5H3,(H,30,31). The quantitative estimate of drug-likeness (QED) is 0.365. The molecule has 2 aromatic heterocycles. The SMILES string of the molecule is CCN(C(=O)c1cc2cc(C)ccc2n1CC(=O)O)c1nc(-c2cc(OC)c(C)cc2OC)cs1. The van der Waals surface area contributed by atoms with Crippen molar-refractivity contribution in [2.75, 3.05) is 25.7 Å². The van der Waals surface area contributed by atoms with E-state index in [2.05, 4.69) is 0 Å². The van der Waals surface area contributed by atoms with Crippen LogP contribution < -0.4 is 14.4 Å². The Morgan fingerprint density at radius 1 is 1.09 bits per heavy atom. The van der Waals surface area contributed by atoms with Crippen molar-refractivity contribution < 1.29 is 24.2 Å². The molecule has 4 aromatic rings. The molecule has 4 rings (SSSR count). The van der Waals surface area contributed by atoms with Crippen molar-refractivity contribution in [1.29, 1.82) is 0 Å². The van der Waals surface area contributed by atoms with Crippen LogP contribution in [0.2, 0.25) is 0 Å². The van der Waals surface area contributed by atoms with Crippen molar-refractivity contribution in [2.24, 2.45) is 0 Å². The Morgan fingerprint density at radius 3 is 2.49 bits per heavy atom. The van der Waals surface area contributed by atoms with Gasteiger partial charge in [0.1, 0.15) is 23.7 Å². The number of aryl methyl sites for hydroxylation is 2. The van der Waals surface area contributed by atoms with Gasteiger partial charge in [-0.05, 0) is 56.7 Å². The summed E-state index contributed by atoms with van der Waals surface area (Å²) in [6, 6.07) is 11.2. The van der Waals surface area contributed by atoms with E-state index in [1.165, 1.54) is 11.3 Å². The predicted molar refractivity (Wildman–Crippen MR) is 137 cm³/mol. The molecule has 0 saturated carbocycles. The molecule has 1 amide bonds. The molecule has 35 heavy (non-hydrogen) atoms. The second-order valence-electron chi connectivity index (χ2n) is 8.16. The molecule has 182 valence electrons. The van der Waals surface area contributed by atoms with Gasteiger partial charge in [0.05, 0.1) is 19.9 Å². The molecule has 1 N–H and O–H groups in total. The largest absolute Gasteiger partial charge is 0.496 e. The Labute approximate surface area is 207 Å². The van der Waals surface area contributed by atoms with Crippen LogP contribution >= 0.6 is 11.3 Å². The third kappa shape index (κ3) is 4.59. The van der Waals surface area contributed by atoms with Crippen LogP contribution in [-0.4, -0.2) is 47.3 Å². The van der Waals surface area contributed by atoms with Crippen LogP contribution in [0.15, 0.2) is 41.8 Å². The van der Waals surface area contributed by atoms with E-state index in [1.54, 1.807) is 29.8 Å². The lowest BCUT2D eigenvalue weighted by Gasteiger charge is -2.19. The fraction of sp³-hybridized carbons (Fsp3) is 0.269. The number of nitrogens with zero attached hydrogens (tertiary/aromatic N) is 3. The minimum absolute atomic E-state index is 0.307. The van der Waals surface area contributed by atoms with Gasteiger partial charge in [-0.3, -0.25) is 14.5 Å². The summed E-state index contributed by atoms with van der Waals surface area (Å²) in [6.07, 6.45) is 0. The maximum absolute atomic E-state index is 13.7. The normalized spacial score (nSPS) is 11.0. The number of fused-ring (bicyclic) bond motifs is 1. The highest BCUT2D eigenvalue weighted by Gasteiger charge is 2.25. The first-order chi connectivity index (χ1) is 16.8. The van der Waals surface area contributed by atoms with Gasteiger partial charge < -0.3 is 19.1 Å². The van der Waals surface area contributed by atoms with Gasteiger partial charge in [-0.15, -0.1) is 11.3 Å². The smallest absolute Gasteiger partial charge is 0.323 e. The summed E-state index contributed by atoms with van der Waals surface area (Å²) in [7, 11) is 3.21.